The van der Waals surface area contributed by atoms with Gasteiger partial charge in [0.15, 0.2) is 5.75 Å². The Morgan fingerprint density at radius 1 is 1.08 bits per heavy atom. The minimum atomic E-state index is -2.83. The van der Waals surface area contributed by atoms with Gasteiger partial charge in [0.25, 0.3) is 0 Å². The van der Waals surface area contributed by atoms with E-state index in [1.165, 1.54) is 0 Å². The van der Waals surface area contributed by atoms with Gasteiger partial charge >= 0.3 is 6.61 Å². The van der Waals surface area contributed by atoms with Gasteiger partial charge in [-0.25, -0.2) is 0 Å². The first kappa shape index (κ1) is 11.4. The molecule has 0 aliphatic rings. The maximum absolute atomic E-state index is 11.9. The summed E-state index contributed by atoms with van der Waals surface area (Å²) in [5, 5.41) is 0. The molecule has 0 atom stereocenters. The van der Waals surface area contributed by atoms with Gasteiger partial charge < -0.3 is 4.74 Å². The fraction of sp³-hybridized carbons (Fsp3) is 0.143. The third-order valence-electron chi connectivity index (χ3n) is 1.17. The van der Waals surface area contributed by atoms with Crippen LogP contribution in [0.25, 0.3) is 0 Å². The third-order valence-corrected chi connectivity index (χ3v) is 2.81. The molecule has 0 fully saturated rings. The molecule has 6 heteroatoms. The van der Waals surface area contributed by atoms with Crippen molar-refractivity contribution in [3.05, 3.63) is 25.6 Å². The number of rotatable bonds is 2. The molecule has 0 aromatic heterocycles. The highest BCUT2D eigenvalue weighted by Crippen LogP contribution is 2.37. The predicted octanol–water partition coefficient (Wildman–Crippen LogP) is 4.58. The van der Waals surface area contributed by atoms with Crippen LogP contribution in [0.2, 0.25) is 0 Å². The summed E-state index contributed by atoms with van der Waals surface area (Å²) < 4.78 is 29.8. The van der Waals surface area contributed by atoms with Crippen molar-refractivity contribution in [1.29, 1.82) is 0 Å². The molecule has 0 unspecified atom stereocenters. The van der Waals surface area contributed by atoms with Gasteiger partial charge in [-0.1, -0.05) is 15.9 Å². The zero-order valence-electron chi connectivity index (χ0n) is 6.03. The summed E-state index contributed by atoms with van der Waals surface area (Å²) in [4.78, 5) is 0. The maximum Gasteiger partial charge on any atom is 0.387 e. The monoisotopic (exact) mass is 378 g/mol. The zero-order valence-corrected chi connectivity index (χ0v) is 10.8. The molecular weight excluding hydrogens is 378 g/mol. The van der Waals surface area contributed by atoms with E-state index in [9.17, 15) is 8.78 Å². The second kappa shape index (κ2) is 4.70. The molecule has 1 aromatic carbocycles. The van der Waals surface area contributed by atoms with Crippen molar-refractivity contribution in [2.75, 3.05) is 0 Å². The van der Waals surface area contributed by atoms with Crippen molar-refractivity contribution in [3.63, 3.8) is 0 Å². The van der Waals surface area contributed by atoms with Crippen LogP contribution >= 0.6 is 47.8 Å². The molecule has 0 aliphatic carbocycles. The van der Waals surface area contributed by atoms with Crippen molar-refractivity contribution in [2.24, 2.45) is 0 Å². The molecule has 13 heavy (non-hydrogen) atoms. The van der Waals surface area contributed by atoms with E-state index in [2.05, 4.69) is 52.5 Å². The molecular formula is C7H3Br3F2O. The van der Waals surface area contributed by atoms with Crippen molar-refractivity contribution in [2.45, 2.75) is 6.61 Å². The summed E-state index contributed by atoms with van der Waals surface area (Å²) in [6, 6.07) is 3.25. The van der Waals surface area contributed by atoms with Gasteiger partial charge in [0.1, 0.15) is 0 Å². The highest BCUT2D eigenvalue weighted by atomic mass is 79.9. The highest BCUT2D eigenvalue weighted by Gasteiger charge is 2.12. The van der Waals surface area contributed by atoms with E-state index >= 15 is 0 Å². The standard InChI is InChI=1S/C7H3Br3F2O/c8-3-1-4(9)6(5(10)2-3)13-7(11)12/h1-2,7H. The summed E-state index contributed by atoms with van der Waals surface area (Å²) in [6.07, 6.45) is 0. The number of alkyl halides is 2. The first-order valence-corrected chi connectivity index (χ1v) is 5.48. The molecule has 72 valence electrons. The summed E-state index contributed by atoms with van der Waals surface area (Å²) >= 11 is 9.43. The molecule has 1 rings (SSSR count). The largest absolute Gasteiger partial charge is 0.432 e. The Hall–Kier alpha value is 0.320. The fourth-order valence-corrected chi connectivity index (χ4v) is 3.18. The molecule has 0 N–H and O–H groups in total. The SMILES string of the molecule is FC(F)Oc1c(Br)cc(Br)cc1Br. The summed E-state index contributed by atoms with van der Waals surface area (Å²) in [5.74, 6) is 0.0956. The second-order valence-electron chi connectivity index (χ2n) is 2.08. The minimum Gasteiger partial charge on any atom is -0.432 e. The van der Waals surface area contributed by atoms with Crippen molar-refractivity contribution in [3.8, 4) is 5.75 Å². The van der Waals surface area contributed by atoms with Gasteiger partial charge in [-0.05, 0) is 44.0 Å². The third kappa shape index (κ3) is 3.18. The molecule has 1 nitrogen and oxygen atoms in total. The van der Waals surface area contributed by atoms with Gasteiger partial charge in [0, 0.05) is 4.47 Å². The Morgan fingerprint density at radius 2 is 1.54 bits per heavy atom. The van der Waals surface area contributed by atoms with E-state index in [1.807, 2.05) is 0 Å². The molecule has 0 saturated carbocycles. The first-order valence-electron chi connectivity index (χ1n) is 3.10. The Bertz CT molecular complexity index is 294. The second-order valence-corrected chi connectivity index (χ2v) is 4.70. The quantitative estimate of drug-likeness (QED) is 0.730. The van der Waals surface area contributed by atoms with E-state index in [1.54, 1.807) is 12.1 Å². The normalized spacial score (nSPS) is 10.6. The molecule has 0 spiro atoms. The van der Waals surface area contributed by atoms with Gasteiger partial charge in [-0.2, -0.15) is 8.78 Å². The molecule has 0 aliphatic heterocycles. The molecule has 1 aromatic rings. The number of ether oxygens (including phenoxy) is 1. The Labute approximate surface area is 98.8 Å². The van der Waals surface area contributed by atoms with E-state index in [0.29, 0.717) is 8.95 Å². The summed E-state index contributed by atoms with van der Waals surface area (Å²) in [5.41, 5.74) is 0. The molecule has 0 radical (unpaired) electrons. The number of hydrogen-bond acceptors (Lipinski definition) is 1. The Kier molecular flexibility index (Phi) is 4.12. The van der Waals surface area contributed by atoms with Crippen molar-refractivity contribution >= 4 is 47.8 Å². The van der Waals surface area contributed by atoms with E-state index < -0.39 is 6.61 Å². The highest BCUT2D eigenvalue weighted by molar-refractivity contribution is 9.11. The zero-order chi connectivity index (χ0) is 10.0. The van der Waals surface area contributed by atoms with Gasteiger partial charge in [-0.3, -0.25) is 0 Å². The van der Waals surface area contributed by atoms with Crippen LogP contribution in [-0.2, 0) is 0 Å². The number of benzene rings is 1. The first-order chi connectivity index (χ1) is 6.00. The molecule has 0 amide bonds. The van der Waals surface area contributed by atoms with Crippen LogP contribution in [0.5, 0.6) is 5.75 Å². The molecule has 0 bridgehead atoms. The van der Waals surface area contributed by atoms with Gasteiger partial charge in [-0.15, -0.1) is 0 Å². The lowest BCUT2D eigenvalue weighted by atomic mass is 10.3. The van der Waals surface area contributed by atoms with Crippen LogP contribution in [0.15, 0.2) is 25.6 Å². The van der Waals surface area contributed by atoms with Crippen LogP contribution in [0.1, 0.15) is 0 Å². The van der Waals surface area contributed by atoms with Crippen LogP contribution in [0, 0.1) is 0 Å². The van der Waals surface area contributed by atoms with Crippen LogP contribution in [-0.4, -0.2) is 6.61 Å². The van der Waals surface area contributed by atoms with E-state index in [-0.39, 0.29) is 5.75 Å². The van der Waals surface area contributed by atoms with E-state index in [4.69, 9.17) is 0 Å². The number of hydrogen-bond donors (Lipinski definition) is 0. The van der Waals surface area contributed by atoms with Crippen molar-refractivity contribution < 1.29 is 13.5 Å². The lowest BCUT2D eigenvalue weighted by Gasteiger charge is -2.09. The lowest BCUT2D eigenvalue weighted by molar-refractivity contribution is -0.0508. The summed E-state index contributed by atoms with van der Waals surface area (Å²) in [7, 11) is 0. The maximum atomic E-state index is 11.9. The van der Waals surface area contributed by atoms with Gasteiger partial charge in [0.05, 0.1) is 8.95 Å². The Balaban J connectivity index is 3.06. The van der Waals surface area contributed by atoms with E-state index in [0.717, 1.165) is 4.47 Å². The average Bonchev–Trinajstić information content (AvgIpc) is 1.96. The number of halogens is 5. The van der Waals surface area contributed by atoms with Crippen molar-refractivity contribution in [1.82, 2.24) is 0 Å². The fourth-order valence-electron chi connectivity index (χ4n) is 0.731. The minimum absolute atomic E-state index is 0.0956. The van der Waals surface area contributed by atoms with Crippen LogP contribution in [0.4, 0.5) is 8.78 Å². The Morgan fingerprint density at radius 3 is 1.92 bits per heavy atom. The smallest absolute Gasteiger partial charge is 0.387 e. The van der Waals surface area contributed by atoms with Gasteiger partial charge in [0.2, 0.25) is 0 Å². The average molecular weight is 381 g/mol. The summed E-state index contributed by atoms with van der Waals surface area (Å²) in [6.45, 7) is -2.83. The molecule has 0 heterocycles. The molecule has 0 saturated heterocycles. The predicted molar refractivity (Wildman–Crippen MR) is 56.2 cm³/mol. The van der Waals surface area contributed by atoms with Crippen LogP contribution < -0.4 is 4.74 Å². The topological polar surface area (TPSA) is 9.23 Å². The van der Waals surface area contributed by atoms with Crippen LogP contribution in [0.3, 0.4) is 0 Å². The lowest BCUT2D eigenvalue weighted by Crippen LogP contribution is -2.03.